The number of pyridine rings is 1. The van der Waals surface area contributed by atoms with E-state index in [0.29, 0.717) is 5.56 Å². The van der Waals surface area contributed by atoms with E-state index in [1.54, 1.807) is 46.0 Å². The molecule has 1 heterocycles. The molecule has 1 amide bonds. The SMILES string of the molecule is CCOC(=O)C(CCC(=O)c1cccnc1)NC(=O)OC(C)(C)C. The van der Waals surface area contributed by atoms with Crippen LogP contribution in [0.3, 0.4) is 0 Å². The van der Waals surface area contributed by atoms with Crippen molar-refractivity contribution >= 4 is 17.8 Å². The number of carbonyl (C=O) groups is 3. The zero-order chi connectivity index (χ0) is 18.2. The van der Waals surface area contributed by atoms with E-state index >= 15 is 0 Å². The van der Waals surface area contributed by atoms with Crippen LogP contribution in [-0.4, -0.2) is 41.1 Å². The maximum atomic E-state index is 12.1. The molecule has 132 valence electrons. The number of alkyl carbamates (subject to hydrolysis) is 1. The van der Waals surface area contributed by atoms with Gasteiger partial charge in [-0.1, -0.05) is 0 Å². The molecule has 0 saturated heterocycles. The molecule has 0 radical (unpaired) electrons. The topological polar surface area (TPSA) is 94.6 Å². The average molecular weight is 336 g/mol. The molecule has 7 nitrogen and oxygen atoms in total. The Hall–Kier alpha value is -2.44. The molecule has 0 aliphatic carbocycles. The number of Topliss-reactive ketones (excluding diaryl/α,β-unsaturated/α-hetero) is 1. The molecule has 0 aromatic carbocycles. The second kappa shape index (κ2) is 9.00. The van der Waals surface area contributed by atoms with Gasteiger partial charge in [0.2, 0.25) is 0 Å². The predicted molar refractivity (Wildman–Crippen MR) is 87.6 cm³/mol. The molecule has 1 atom stereocenters. The first-order chi connectivity index (χ1) is 11.2. The van der Waals surface area contributed by atoms with Crippen LogP contribution in [0.2, 0.25) is 0 Å². The van der Waals surface area contributed by atoms with Gasteiger partial charge < -0.3 is 14.8 Å². The molecule has 1 aromatic rings. The smallest absolute Gasteiger partial charge is 0.408 e. The highest BCUT2D eigenvalue weighted by atomic mass is 16.6. The Kier molecular flexibility index (Phi) is 7.35. The maximum absolute atomic E-state index is 12.1. The molecule has 1 aromatic heterocycles. The number of rotatable bonds is 7. The first-order valence-electron chi connectivity index (χ1n) is 7.82. The van der Waals surface area contributed by atoms with Gasteiger partial charge in [0.25, 0.3) is 0 Å². The molecule has 1 unspecified atom stereocenters. The number of amides is 1. The summed E-state index contributed by atoms with van der Waals surface area (Å²) in [6, 6.07) is 2.37. The molecular formula is C17H24N2O5. The van der Waals surface area contributed by atoms with Crippen molar-refractivity contribution in [1.82, 2.24) is 10.3 Å². The number of hydrogen-bond donors (Lipinski definition) is 1. The summed E-state index contributed by atoms with van der Waals surface area (Å²) >= 11 is 0. The van der Waals surface area contributed by atoms with Gasteiger partial charge >= 0.3 is 12.1 Å². The van der Waals surface area contributed by atoms with Crippen LogP contribution in [0.15, 0.2) is 24.5 Å². The highest BCUT2D eigenvalue weighted by Gasteiger charge is 2.26. The minimum atomic E-state index is -0.944. The summed E-state index contributed by atoms with van der Waals surface area (Å²) in [5.74, 6) is -0.759. The zero-order valence-electron chi connectivity index (χ0n) is 14.5. The molecule has 0 fully saturated rings. The Bertz CT molecular complexity index is 566. The van der Waals surface area contributed by atoms with E-state index in [4.69, 9.17) is 9.47 Å². The number of ketones is 1. The number of nitrogens with zero attached hydrogens (tertiary/aromatic N) is 1. The minimum Gasteiger partial charge on any atom is -0.464 e. The normalized spacial score (nSPS) is 12.2. The van der Waals surface area contributed by atoms with Crippen molar-refractivity contribution in [2.24, 2.45) is 0 Å². The molecule has 0 spiro atoms. The Morgan fingerprint density at radius 3 is 2.54 bits per heavy atom. The standard InChI is InChI=1S/C17H24N2O5/c1-5-23-15(21)13(19-16(22)24-17(2,3)4)8-9-14(20)12-7-6-10-18-11-12/h6-7,10-11,13H,5,8-9H2,1-4H3,(H,19,22). The van der Waals surface area contributed by atoms with Gasteiger partial charge in [-0.15, -0.1) is 0 Å². The number of aromatic nitrogens is 1. The van der Waals surface area contributed by atoms with Gasteiger partial charge in [-0.05, 0) is 46.2 Å². The molecule has 0 bridgehead atoms. The summed E-state index contributed by atoms with van der Waals surface area (Å²) in [4.78, 5) is 39.8. The summed E-state index contributed by atoms with van der Waals surface area (Å²) in [5, 5.41) is 2.46. The largest absolute Gasteiger partial charge is 0.464 e. The Morgan fingerprint density at radius 2 is 2.00 bits per heavy atom. The van der Waals surface area contributed by atoms with Crippen molar-refractivity contribution in [3.63, 3.8) is 0 Å². The van der Waals surface area contributed by atoms with Crippen LogP contribution in [0, 0.1) is 0 Å². The fourth-order valence-corrected chi connectivity index (χ4v) is 1.89. The molecule has 7 heteroatoms. The first-order valence-corrected chi connectivity index (χ1v) is 7.82. The molecule has 0 aliphatic heterocycles. The van der Waals surface area contributed by atoms with Gasteiger partial charge in [0.05, 0.1) is 6.61 Å². The lowest BCUT2D eigenvalue weighted by molar-refractivity contribution is -0.145. The van der Waals surface area contributed by atoms with Crippen molar-refractivity contribution in [1.29, 1.82) is 0 Å². The van der Waals surface area contributed by atoms with Gasteiger partial charge in [0.1, 0.15) is 11.6 Å². The second-order valence-electron chi connectivity index (χ2n) is 6.15. The van der Waals surface area contributed by atoms with Crippen molar-refractivity contribution < 1.29 is 23.9 Å². The summed E-state index contributed by atoms with van der Waals surface area (Å²) < 4.78 is 10.1. The van der Waals surface area contributed by atoms with Crippen molar-refractivity contribution in [3.8, 4) is 0 Å². The summed E-state index contributed by atoms with van der Waals surface area (Å²) in [6.07, 6.45) is 2.50. The second-order valence-corrected chi connectivity index (χ2v) is 6.15. The van der Waals surface area contributed by atoms with Gasteiger partial charge in [0.15, 0.2) is 5.78 Å². The van der Waals surface area contributed by atoms with Crippen LogP contribution in [0.4, 0.5) is 4.79 Å². The van der Waals surface area contributed by atoms with Gasteiger partial charge in [-0.3, -0.25) is 9.78 Å². The van der Waals surface area contributed by atoms with E-state index in [-0.39, 0.29) is 25.2 Å². The summed E-state index contributed by atoms with van der Waals surface area (Å²) in [7, 11) is 0. The van der Waals surface area contributed by atoms with Crippen molar-refractivity contribution in [2.75, 3.05) is 6.61 Å². The molecule has 1 rings (SSSR count). The van der Waals surface area contributed by atoms with Crippen LogP contribution in [0.5, 0.6) is 0 Å². The number of nitrogens with one attached hydrogen (secondary N) is 1. The summed E-state index contributed by atoms with van der Waals surface area (Å²) in [5.41, 5.74) is -0.230. The van der Waals surface area contributed by atoms with Gasteiger partial charge in [-0.25, -0.2) is 9.59 Å². The maximum Gasteiger partial charge on any atom is 0.408 e. The van der Waals surface area contributed by atoms with Crippen LogP contribution in [-0.2, 0) is 14.3 Å². The summed E-state index contributed by atoms with van der Waals surface area (Å²) in [6.45, 7) is 7.01. The monoisotopic (exact) mass is 336 g/mol. The lowest BCUT2D eigenvalue weighted by Gasteiger charge is -2.22. The number of esters is 1. The lowest BCUT2D eigenvalue weighted by Crippen LogP contribution is -2.44. The Balaban J connectivity index is 2.67. The quantitative estimate of drug-likeness (QED) is 0.607. The van der Waals surface area contributed by atoms with E-state index in [2.05, 4.69) is 10.3 Å². The van der Waals surface area contributed by atoms with E-state index in [0.717, 1.165) is 0 Å². The highest BCUT2D eigenvalue weighted by Crippen LogP contribution is 2.10. The van der Waals surface area contributed by atoms with Gasteiger partial charge in [0, 0.05) is 24.4 Å². The molecule has 0 saturated carbocycles. The van der Waals surface area contributed by atoms with Crippen LogP contribution in [0.25, 0.3) is 0 Å². The Morgan fingerprint density at radius 1 is 1.29 bits per heavy atom. The first kappa shape index (κ1) is 19.6. The number of hydrogen-bond acceptors (Lipinski definition) is 6. The molecular weight excluding hydrogens is 312 g/mol. The average Bonchev–Trinajstić information content (AvgIpc) is 2.50. The fourth-order valence-electron chi connectivity index (χ4n) is 1.89. The lowest BCUT2D eigenvalue weighted by atomic mass is 10.0. The number of carbonyl (C=O) groups excluding carboxylic acids is 3. The molecule has 1 N–H and O–H groups in total. The van der Waals surface area contributed by atoms with E-state index in [1.807, 2.05) is 0 Å². The minimum absolute atomic E-state index is 0.0744. The van der Waals surface area contributed by atoms with E-state index < -0.39 is 23.7 Å². The highest BCUT2D eigenvalue weighted by molar-refractivity contribution is 5.96. The van der Waals surface area contributed by atoms with E-state index in [1.165, 1.54) is 6.20 Å². The Labute approximate surface area is 141 Å². The fraction of sp³-hybridized carbons (Fsp3) is 0.529. The third-order valence-corrected chi connectivity index (χ3v) is 2.91. The van der Waals surface area contributed by atoms with Crippen molar-refractivity contribution in [2.45, 2.75) is 52.2 Å². The molecule has 24 heavy (non-hydrogen) atoms. The van der Waals surface area contributed by atoms with Gasteiger partial charge in [-0.2, -0.15) is 0 Å². The van der Waals surface area contributed by atoms with Crippen LogP contribution >= 0.6 is 0 Å². The van der Waals surface area contributed by atoms with Crippen LogP contribution < -0.4 is 5.32 Å². The van der Waals surface area contributed by atoms with Crippen LogP contribution in [0.1, 0.15) is 50.9 Å². The third-order valence-electron chi connectivity index (χ3n) is 2.91. The third kappa shape index (κ3) is 7.21. The zero-order valence-corrected chi connectivity index (χ0v) is 14.5. The predicted octanol–water partition coefficient (Wildman–Crippen LogP) is 2.50. The van der Waals surface area contributed by atoms with E-state index in [9.17, 15) is 14.4 Å². The van der Waals surface area contributed by atoms with Crippen molar-refractivity contribution in [3.05, 3.63) is 30.1 Å². The molecule has 0 aliphatic rings. The number of ether oxygens (including phenoxy) is 2.